The topological polar surface area (TPSA) is 70.1 Å². The Kier molecular flexibility index (Phi) is 4.99. The molecular weight excluding hydrogens is 322 g/mol. The molecule has 2 heterocycles. The second kappa shape index (κ2) is 7.17. The van der Waals surface area contributed by atoms with Gasteiger partial charge < -0.3 is 10.2 Å². The number of aryl methyl sites for hydroxylation is 2. The molecule has 3 rings (SSSR count). The third-order valence-electron chi connectivity index (χ3n) is 4.32. The number of urea groups is 1. The van der Waals surface area contributed by atoms with Gasteiger partial charge in [0.2, 0.25) is 10.3 Å². The monoisotopic (exact) mass is 345 g/mol. The van der Waals surface area contributed by atoms with Gasteiger partial charge in [-0.2, -0.15) is 0 Å². The van der Waals surface area contributed by atoms with E-state index in [1.807, 2.05) is 32.0 Å². The van der Waals surface area contributed by atoms with E-state index >= 15 is 0 Å². The molecule has 0 bridgehead atoms. The third kappa shape index (κ3) is 3.84. The van der Waals surface area contributed by atoms with E-state index in [0.717, 1.165) is 28.5 Å². The number of nitrogens with one attached hydrogen (secondary N) is 2. The van der Waals surface area contributed by atoms with E-state index in [1.165, 1.54) is 30.6 Å². The van der Waals surface area contributed by atoms with Gasteiger partial charge in [0.1, 0.15) is 0 Å². The van der Waals surface area contributed by atoms with E-state index in [1.54, 1.807) is 0 Å². The average Bonchev–Trinajstić information content (AvgIpc) is 2.99. The van der Waals surface area contributed by atoms with Crippen molar-refractivity contribution < 1.29 is 4.79 Å². The molecule has 0 saturated carbocycles. The number of rotatable bonds is 3. The Morgan fingerprint density at radius 1 is 1.25 bits per heavy atom. The van der Waals surface area contributed by atoms with Crippen molar-refractivity contribution in [3.63, 3.8) is 0 Å². The van der Waals surface area contributed by atoms with Crippen LogP contribution in [0, 0.1) is 13.8 Å². The Bertz CT molecular complexity index is 730. The number of benzene rings is 1. The predicted molar refractivity (Wildman–Crippen MR) is 99.1 cm³/mol. The fourth-order valence-corrected chi connectivity index (χ4v) is 3.75. The first kappa shape index (κ1) is 16.7. The summed E-state index contributed by atoms with van der Waals surface area (Å²) >= 11 is 1.42. The maximum absolute atomic E-state index is 12.2. The Morgan fingerprint density at radius 3 is 2.88 bits per heavy atom. The number of hydrogen-bond acceptors (Lipinski definition) is 5. The number of nitrogens with zero attached hydrogens (tertiary/aromatic N) is 3. The van der Waals surface area contributed by atoms with Crippen LogP contribution in [0.2, 0.25) is 0 Å². The van der Waals surface area contributed by atoms with Gasteiger partial charge in [0.15, 0.2) is 0 Å². The molecule has 128 valence electrons. The summed E-state index contributed by atoms with van der Waals surface area (Å²) in [6, 6.07) is 6.15. The molecule has 2 aromatic rings. The van der Waals surface area contributed by atoms with Crippen molar-refractivity contribution in [3.8, 4) is 0 Å². The van der Waals surface area contributed by atoms with Crippen LogP contribution in [0.15, 0.2) is 18.2 Å². The van der Waals surface area contributed by atoms with Crippen LogP contribution >= 0.6 is 11.3 Å². The fourth-order valence-electron chi connectivity index (χ4n) is 2.89. The molecule has 6 nitrogen and oxygen atoms in total. The van der Waals surface area contributed by atoms with E-state index in [4.69, 9.17) is 0 Å². The van der Waals surface area contributed by atoms with Crippen LogP contribution < -0.4 is 15.5 Å². The SMILES string of the molecule is Cc1ccc(C)c(NC(=O)Nc2nnc(N3CCCCC3C)s2)c1. The number of anilines is 3. The van der Waals surface area contributed by atoms with Crippen molar-refractivity contribution in [3.05, 3.63) is 29.3 Å². The lowest BCUT2D eigenvalue weighted by molar-refractivity contribution is 0.262. The minimum atomic E-state index is -0.293. The zero-order chi connectivity index (χ0) is 17.1. The molecule has 1 saturated heterocycles. The zero-order valence-corrected chi connectivity index (χ0v) is 15.1. The van der Waals surface area contributed by atoms with Gasteiger partial charge >= 0.3 is 6.03 Å². The standard InChI is InChI=1S/C17H23N5OS/c1-11-7-8-12(2)14(10-11)18-15(23)19-16-20-21-17(24-16)22-9-5-4-6-13(22)3/h7-8,10,13H,4-6,9H2,1-3H3,(H2,18,19,20,23). The second-order valence-corrected chi connectivity index (χ2v) is 7.28. The van der Waals surface area contributed by atoms with Gasteiger partial charge in [0.05, 0.1) is 0 Å². The van der Waals surface area contributed by atoms with Gasteiger partial charge in [0.25, 0.3) is 0 Å². The maximum atomic E-state index is 12.2. The van der Waals surface area contributed by atoms with E-state index < -0.39 is 0 Å². The van der Waals surface area contributed by atoms with Gasteiger partial charge in [0, 0.05) is 18.3 Å². The smallest absolute Gasteiger partial charge is 0.325 e. The molecule has 1 aromatic heterocycles. The molecular formula is C17H23N5OS. The van der Waals surface area contributed by atoms with Gasteiger partial charge in [-0.05, 0) is 57.2 Å². The lowest BCUT2D eigenvalue weighted by Crippen LogP contribution is -2.37. The van der Waals surface area contributed by atoms with Gasteiger partial charge in [-0.15, -0.1) is 10.2 Å². The normalized spacial score (nSPS) is 17.6. The molecule has 1 aliphatic rings. The molecule has 2 N–H and O–H groups in total. The van der Waals surface area contributed by atoms with E-state index in [9.17, 15) is 4.79 Å². The Balaban J connectivity index is 1.64. The first-order chi connectivity index (χ1) is 11.5. The van der Waals surface area contributed by atoms with Gasteiger partial charge in [-0.25, -0.2) is 4.79 Å². The van der Waals surface area contributed by atoms with Crippen molar-refractivity contribution in [2.75, 3.05) is 22.1 Å². The zero-order valence-electron chi connectivity index (χ0n) is 14.3. The highest BCUT2D eigenvalue weighted by Crippen LogP contribution is 2.29. The molecule has 24 heavy (non-hydrogen) atoms. The van der Waals surface area contributed by atoms with Gasteiger partial charge in [-0.3, -0.25) is 5.32 Å². The average molecular weight is 345 g/mol. The third-order valence-corrected chi connectivity index (χ3v) is 5.20. The first-order valence-corrected chi connectivity index (χ1v) is 9.10. The number of aromatic nitrogens is 2. The highest BCUT2D eigenvalue weighted by molar-refractivity contribution is 7.19. The van der Waals surface area contributed by atoms with E-state index in [0.29, 0.717) is 11.2 Å². The molecule has 0 aliphatic carbocycles. The summed E-state index contributed by atoms with van der Waals surface area (Å²) in [4.78, 5) is 14.5. The summed E-state index contributed by atoms with van der Waals surface area (Å²) in [5.41, 5.74) is 2.94. The summed E-state index contributed by atoms with van der Waals surface area (Å²) in [7, 11) is 0. The van der Waals surface area contributed by atoms with Crippen molar-refractivity contribution in [1.82, 2.24) is 10.2 Å². The molecule has 2 amide bonds. The highest BCUT2D eigenvalue weighted by Gasteiger charge is 2.22. The number of piperidine rings is 1. The van der Waals surface area contributed by atoms with Crippen molar-refractivity contribution in [2.45, 2.75) is 46.1 Å². The summed E-state index contributed by atoms with van der Waals surface area (Å²) < 4.78 is 0. The minimum absolute atomic E-state index is 0.293. The van der Waals surface area contributed by atoms with Gasteiger partial charge in [-0.1, -0.05) is 23.5 Å². The molecule has 1 fully saturated rings. The van der Waals surface area contributed by atoms with Crippen LogP contribution in [-0.2, 0) is 0 Å². The van der Waals surface area contributed by atoms with Crippen LogP contribution in [0.1, 0.15) is 37.3 Å². The highest BCUT2D eigenvalue weighted by atomic mass is 32.1. The summed E-state index contributed by atoms with van der Waals surface area (Å²) in [6.45, 7) is 7.18. The quantitative estimate of drug-likeness (QED) is 0.875. The Hall–Kier alpha value is -2.15. The Labute approximate surface area is 146 Å². The number of hydrogen-bond donors (Lipinski definition) is 2. The molecule has 0 spiro atoms. The largest absolute Gasteiger partial charge is 0.344 e. The summed E-state index contributed by atoms with van der Waals surface area (Å²) in [5, 5.41) is 15.4. The van der Waals surface area contributed by atoms with Crippen molar-refractivity contribution in [1.29, 1.82) is 0 Å². The van der Waals surface area contributed by atoms with Crippen LogP contribution in [-0.4, -0.2) is 28.8 Å². The van der Waals surface area contributed by atoms with Crippen LogP contribution in [0.5, 0.6) is 0 Å². The predicted octanol–water partition coefficient (Wildman–Crippen LogP) is 4.18. The maximum Gasteiger partial charge on any atom is 0.325 e. The summed E-state index contributed by atoms with van der Waals surface area (Å²) in [5.74, 6) is 0. The molecule has 1 unspecified atom stereocenters. The fraction of sp³-hybridized carbons (Fsp3) is 0.471. The number of carbonyl (C=O) groups excluding carboxylic acids is 1. The van der Waals surface area contributed by atoms with E-state index in [2.05, 4.69) is 32.7 Å². The number of amides is 2. The van der Waals surface area contributed by atoms with Crippen molar-refractivity contribution >= 4 is 33.3 Å². The van der Waals surface area contributed by atoms with Crippen LogP contribution in [0.4, 0.5) is 20.7 Å². The summed E-state index contributed by atoms with van der Waals surface area (Å²) in [6.07, 6.45) is 3.62. The molecule has 0 radical (unpaired) electrons. The Morgan fingerprint density at radius 2 is 2.08 bits per heavy atom. The van der Waals surface area contributed by atoms with E-state index in [-0.39, 0.29) is 6.03 Å². The lowest BCUT2D eigenvalue weighted by atomic mass is 10.1. The molecule has 7 heteroatoms. The van der Waals surface area contributed by atoms with Crippen LogP contribution in [0.25, 0.3) is 0 Å². The molecule has 1 atom stereocenters. The minimum Gasteiger partial charge on any atom is -0.344 e. The number of carbonyl (C=O) groups is 1. The molecule has 1 aromatic carbocycles. The van der Waals surface area contributed by atoms with Crippen LogP contribution in [0.3, 0.4) is 0 Å². The first-order valence-electron chi connectivity index (χ1n) is 8.28. The lowest BCUT2D eigenvalue weighted by Gasteiger charge is -2.32. The molecule has 1 aliphatic heterocycles. The second-order valence-electron chi connectivity index (χ2n) is 6.33. The van der Waals surface area contributed by atoms with Crippen molar-refractivity contribution in [2.24, 2.45) is 0 Å².